The van der Waals surface area contributed by atoms with E-state index in [1.54, 1.807) is 4.57 Å². The van der Waals surface area contributed by atoms with Crippen molar-refractivity contribution >= 4 is 50.2 Å². The van der Waals surface area contributed by atoms with Crippen molar-refractivity contribution in [3.05, 3.63) is 29.3 Å². The van der Waals surface area contributed by atoms with E-state index in [-0.39, 0.29) is 41.9 Å². The third-order valence-electron chi connectivity index (χ3n) is 7.49. The summed E-state index contributed by atoms with van der Waals surface area (Å²) < 4.78 is 60.8. The normalized spacial score (nSPS) is 28.6. The van der Waals surface area contributed by atoms with Gasteiger partial charge in [-0.3, -0.25) is 28.0 Å². The molecule has 21 nitrogen and oxygen atoms in total. The molecule has 2 fully saturated rings. The molecule has 6 rings (SSSR count). The number of rotatable bonds is 11. The minimum atomic E-state index is -4.83. The van der Waals surface area contributed by atoms with E-state index in [0.29, 0.717) is 11.2 Å². The Morgan fingerprint density at radius 2 is 1.84 bits per heavy atom. The van der Waals surface area contributed by atoms with Crippen molar-refractivity contribution in [2.75, 3.05) is 31.8 Å². The number of ether oxygens (including phenoxy) is 3. The van der Waals surface area contributed by atoms with Crippen molar-refractivity contribution in [2.45, 2.75) is 50.2 Å². The lowest BCUT2D eigenvalue weighted by molar-refractivity contribution is -0.0621. The first-order valence-corrected chi connectivity index (χ1v) is 16.0. The topological polar surface area (TPSA) is 289 Å². The van der Waals surface area contributed by atoms with Crippen molar-refractivity contribution in [1.29, 1.82) is 0 Å². The average Bonchev–Trinajstić information content (AvgIpc) is 3.75. The third kappa shape index (κ3) is 6.19. The zero-order valence-electron chi connectivity index (χ0n) is 23.6. The largest absolute Gasteiger partial charge is 0.694 e. The number of anilines is 2. The van der Waals surface area contributed by atoms with E-state index >= 15 is 0 Å². The lowest BCUT2D eigenvalue weighted by Gasteiger charge is -2.24. The zero-order chi connectivity index (χ0) is 32.0. The number of hydrogen-bond donors (Lipinski definition) is 5. The maximum atomic E-state index is 13.3. The molecule has 45 heavy (non-hydrogen) atoms. The van der Waals surface area contributed by atoms with E-state index in [4.69, 9.17) is 44.1 Å². The Hall–Kier alpha value is -3.49. The molecule has 0 amide bonds. The SMILES string of the molecule is CO[C@H]1[C@@H](C)[C@H](n2cnc3c(N)ncnc32)O[C@@H]1COP(=O)(O)O[C@@H]1C[C@@H](CO[P+](=O)O)O[C@H]1n1cnc2c(=O)[nH]c(N)nc21. The molecule has 2 aliphatic heterocycles. The molecule has 0 bridgehead atoms. The Morgan fingerprint density at radius 1 is 1.11 bits per heavy atom. The number of methoxy groups -OCH3 is 1. The highest BCUT2D eigenvalue weighted by Gasteiger charge is 2.47. The summed E-state index contributed by atoms with van der Waals surface area (Å²) in [5, 5.41) is 0. The number of nitrogen functional groups attached to an aromatic ring is 2. The van der Waals surface area contributed by atoms with Gasteiger partial charge in [-0.1, -0.05) is 6.92 Å². The molecule has 4 aromatic heterocycles. The molecule has 2 saturated heterocycles. The van der Waals surface area contributed by atoms with Crippen molar-refractivity contribution in [1.82, 2.24) is 39.0 Å². The number of H-pyrrole nitrogens is 1. The first kappa shape index (κ1) is 31.5. The Kier molecular flexibility index (Phi) is 8.65. The highest BCUT2D eigenvalue weighted by Crippen LogP contribution is 2.50. The summed E-state index contributed by atoms with van der Waals surface area (Å²) in [4.78, 5) is 55.1. The zero-order valence-corrected chi connectivity index (χ0v) is 25.4. The number of nitrogens with zero attached hydrogens (tertiary/aromatic N) is 7. The van der Waals surface area contributed by atoms with Gasteiger partial charge in [0.1, 0.15) is 36.9 Å². The molecule has 0 radical (unpaired) electrons. The first-order chi connectivity index (χ1) is 21.5. The number of nitrogens with two attached hydrogens (primary N) is 2. The van der Waals surface area contributed by atoms with E-state index in [1.165, 1.54) is 30.7 Å². The molecule has 4 aromatic rings. The summed E-state index contributed by atoms with van der Waals surface area (Å²) in [6.07, 6.45) is -1.28. The van der Waals surface area contributed by atoms with Crippen LogP contribution in [-0.4, -0.2) is 93.6 Å². The fraction of sp³-hybridized carbons (Fsp3) is 0.545. The summed E-state index contributed by atoms with van der Waals surface area (Å²) in [6.45, 7) is 1.12. The molecule has 2 aliphatic rings. The third-order valence-corrected chi connectivity index (χ3v) is 8.88. The van der Waals surface area contributed by atoms with E-state index in [2.05, 4.69) is 29.9 Å². The van der Waals surface area contributed by atoms with Crippen LogP contribution in [0, 0.1) is 5.92 Å². The molecule has 0 spiro atoms. The number of aromatic amines is 1. The van der Waals surface area contributed by atoms with Gasteiger partial charge in [0.15, 0.2) is 28.9 Å². The quantitative estimate of drug-likeness (QED) is 0.132. The molecule has 7 N–H and O–H groups in total. The second-order valence-electron chi connectivity index (χ2n) is 10.3. The number of phosphoric ester groups is 1. The summed E-state index contributed by atoms with van der Waals surface area (Å²) in [7, 11) is -6.29. The number of fused-ring (bicyclic) bond motifs is 2. The van der Waals surface area contributed by atoms with Gasteiger partial charge in [-0.05, 0) is 0 Å². The maximum absolute atomic E-state index is 13.3. The van der Waals surface area contributed by atoms with Crippen molar-refractivity contribution in [3.8, 4) is 0 Å². The van der Waals surface area contributed by atoms with Crippen LogP contribution in [0.15, 0.2) is 23.8 Å². The second-order valence-corrected chi connectivity index (χ2v) is 12.4. The van der Waals surface area contributed by atoms with Crippen LogP contribution >= 0.6 is 16.1 Å². The van der Waals surface area contributed by atoms with Gasteiger partial charge in [-0.15, -0.1) is 9.42 Å². The molecular weight excluding hydrogens is 642 g/mol. The molecule has 23 heteroatoms. The van der Waals surface area contributed by atoms with Crippen LogP contribution in [0.3, 0.4) is 0 Å². The van der Waals surface area contributed by atoms with Gasteiger partial charge in [0.2, 0.25) is 5.95 Å². The first-order valence-electron chi connectivity index (χ1n) is 13.4. The number of hydrogen-bond acceptors (Lipinski definition) is 16. The Balaban J connectivity index is 1.19. The minimum Gasteiger partial charge on any atom is -0.382 e. The van der Waals surface area contributed by atoms with Crippen LogP contribution in [-0.2, 0) is 36.9 Å². The van der Waals surface area contributed by atoms with Gasteiger partial charge in [0.05, 0.1) is 31.5 Å². The fourth-order valence-corrected chi connectivity index (χ4v) is 6.79. The van der Waals surface area contributed by atoms with Crippen LogP contribution in [0.1, 0.15) is 25.8 Å². The monoisotopic (exact) mass is 671 g/mol. The number of phosphoric acid groups is 1. The summed E-state index contributed by atoms with van der Waals surface area (Å²) in [5.41, 5.74) is 11.8. The number of imidazole rings is 2. The van der Waals surface area contributed by atoms with Gasteiger partial charge < -0.3 is 30.6 Å². The van der Waals surface area contributed by atoms with Crippen molar-refractivity contribution in [3.63, 3.8) is 0 Å². The van der Waals surface area contributed by atoms with Crippen molar-refractivity contribution in [2.24, 2.45) is 5.92 Å². The van der Waals surface area contributed by atoms with Gasteiger partial charge in [-0.2, -0.15) is 4.98 Å². The smallest absolute Gasteiger partial charge is 0.382 e. The van der Waals surface area contributed by atoms with Gasteiger partial charge >= 0.3 is 16.1 Å². The van der Waals surface area contributed by atoms with Crippen LogP contribution in [0.2, 0.25) is 0 Å². The van der Waals surface area contributed by atoms with Crippen molar-refractivity contribution < 1.29 is 46.7 Å². The highest BCUT2D eigenvalue weighted by atomic mass is 31.2. The van der Waals surface area contributed by atoms with E-state index in [9.17, 15) is 18.8 Å². The molecule has 2 unspecified atom stereocenters. The van der Waals surface area contributed by atoms with Crippen LogP contribution in [0.4, 0.5) is 11.8 Å². The van der Waals surface area contributed by atoms with Gasteiger partial charge in [0, 0.05) is 24.0 Å². The minimum absolute atomic E-state index is 0.0136. The predicted octanol–water partition coefficient (Wildman–Crippen LogP) is 0.128. The van der Waals surface area contributed by atoms with Gasteiger partial charge in [-0.25, -0.2) is 24.5 Å². The highest BCUT2D eigenvalue weighted by molar-refractivity contribution is 7.47. The Bertz CT molecular complexity index is 1830. The molecule has 0 aliphatic carbocycles. The molecule has 242 valence electrons. The Labute approximate surface area is 253 Å². The van der Waals surface area contributed by atoms with Crippen LogP contribution in [0.5, 0.6) is 0 Å². The molecule has 0 aromatic carbocycles. The number of nitrogens with one attached hydrogen (secondary N) is 1. The van der Waals surface area contributed by atoms with E-state index in [0.717, 1.165) is 0 Å². The molecule has 9 atom stereocenters. The number of aromatic nitrogens is 8. The Morgan fingerprint density at radius 3 is 2.58 bits per heavy atom. The van der Waals surface area contributed by atoms with Gasteiger partial charge in [0.25, 0.3) is 5.56 Å². The predicted molar refractivity (Wildman–Crippen MR) is 151 cm³/mol. The molecule has 0 saturated carbocycles. The van der Waals surface area contributed by atoms with E-state index in [1.807, 2.05) is 6.92 Å². The fourth-order valence-electron chi connectivity index (χ4n) is 5.57. The summed E-state index contributed by atoms with van der Waals surface area (Å²) in [5.74, 6) is -0.275. The standard InChI is InChI=1S/C22H28N10O11P2/c1-9-15(38-2)12(42-20(9)31-7-27-13-16(23)25-6-26-17(13)31)5-40-45(36,37)43-11-3-10(4-39-44(34)35)41-21(11)32-8-28-14-18(32)29-22(24)30-19(14)33/h6-12,15,20-21H,3-5H2,1-2H3,(H6-,23,24,25,26,29,30,33,34,35,36,37)/p+1/t9-,10+,11-,12-,15+,20-,21-/m1/s1. The summed E-state index contributed by atoms with van der Waals surface area (Å²) >= 11 is 0. The van der Waals surface area contributed by atoms with Crippen LogP contribution in [0.25, 0.3) is 22.3 Å². The van der Waals surface area contributed by atoms with Crippen LogP contribution < -0.4 is 17.0 Å². The molecule has 6 heterocycles. The average molecular weight is 671 g/mol. The molecular formula is C22H29N10O11P2+. The lowest BCUT2D eigenvalue weighted by Crippen LogP contribution is -2.31. The summed E-state index contributed by atoms with van der Waals surface area (Å²) in [6, 6.07) is 0. The lowest BCUT2D eigenvalue weighted by atomic mass is 10.0. The second kappa shape index (κ2) is 12.4. The maximum Gasteiger partial charge on any atom is 0.694 e. The van der Waals surface area contributed by atoms with E-state index < -0.39 is 65.1 Å².